The molecule has 0 radical (unpaired) electrons. The fourth-order valence-electron chi connectivity index (χ4n) is 2.83. The van der Waals surface area contributed by atoms with E-state index >= 15 is 0 Å². The van der Waals surface area contributed by atoms with Gasteiger partial charge in [-0.05, 0) is 26.0 Å². The summed E-state index contributed by atoms with van der Waals surface area (Å²) in [7, 11) is 3.33. The SMILES string of the molecule is COCCSc1ccc(C(=NOC)C(C)(C)N2CCOCC2)cc1. The smallest absolute Gasteiger partial charge is 0.107 e. The number of methoxy groups -OCH3 is 1. The lowest BCUT2D eigenvalue weighted by atomic mass is 9.90. The molecule has 1 aromatic carbocycles. The third kappa shape index (κ3) is 4.96. The van der Waals surface area contributed by atoms with Crippen molar-refractivity contribution in [2.45, 2.75) is 24.3 Å². The van der Waals surface area contributed by atoms with Crippen LogP contribution in [0.4, 0.5) is 0 Å². The molecule has 134 valence electrons. The van der Waals surface area contributed by atoms with E-state index in [-0.39, 0.29) is 5.54 Å². The molecular formula is C18H28N2O3S. The number of rotatable bonds is 8. The van der Waals surface area contributed by atoms with Crippen molar-refractivity contribution in [2.75, 3.05) is 52.9 Å². The standard InChI is InChI=1S/C18H28N2O3S/c1-18(2,20-9-11-23-12-10-20)17(19-22-4)15-5-7-16(8-6-15)24-14-13-21-3/h5-8H,9-14H2,1-4H3. The zero-order valence-electron chi connectivity index (χ0n) is 15.1. The maximum Gasteiger partial charge on any atom is 0.107 e. The topological polar surface area (TPSA) is 43.3 Å². The van der Waals surface area contributed by atoms with Crippen LogP contribution in [0, 0.1) is 0 Å². The molecule has 1 aliphatic heterocycles. The number of morpholine rings is 1. The first-order valence-electron chi connectivity index (χ1n) is 8.26. The van der Waals surface area contributed by atoms with Crippen LogP contribution in [0.5, 0.6) is 0 Å². The van der Waals surface area contributed by atoms with Crippen LogP contribution in [0.1, 0.15) is 19.4 Å². The second-order valence-corrected chi connectivity index (χ2v) is 7.31. The summed E-state index contributed by atoms with van der Waals surface area (Å²) in [4.78, 5) is 8.79. The summed E-state index contributed by atoms with van der Waals surface area (Å²) in [6, 6.07) is 8.51. The first-order valence-corrected chi connectivity index (χ1v) is 9.24. The van der Waals surface area contributed by atoms with Crippen LogP contribution in [0.3, 0.4) is 0 Å². The Morgan fingerprint density at radius 3 is 2.46 bits per heavy atom. The Morgan fingerprint density at radius 2 is 1.88 bits per heavy atom. The van der Waals surface area contributed by atoms with Gasteiger partial charge in [0.2, 0.25) is 0 Å². The quantitative estimate of drug-likeness (QED) is 0.311. The molecule has 0 saturated carbocycles. The van der Waals surface area contributed by atoms with E-state index < -0.39 is 0 Å². The highest BCUT2D eigenvalue weighted by Gasteiger charge is 2.34. The van der Waals surface area contributed by atoms with E-state index in [9.17, 15) is 0 Å². The molecule has 1 saturated heterocycles. The van der Waals surface area contributed by atoms with Crippen LogP contribution in [-0.2, 0) is 14.3 Å². The van der Waals surface area contributed by atoms with Crippen LogP contribution >= 0.6 is 11.8 Å². The van der Waals surface area contributed by atoms with Crippen LogP contribution in [0.15, 0.2) is 34.3 Å². The van der Waals surface area contributed by atoms with Gasteiger partial charge in [-0.25, -0.2) is 0 Å². The Morgan fingerprint density at radius 1 is 1.21 bits per heavy atom. The molecule has 1 fully saturated rings. The van der Waals surface area contributed by atoms with Crippen molar-refractivity contribution in [3.8, 4) is 0 Å². The maximum atomic E-state index is 5.48. The van der Waals surface area contributed by atoms with Gasteiger partial charge < -0.3 is 14.3 Å². The molecule has 24 heavy (non-hydrogen) atoms. The Hall–Kier alpha value is -1.08. The van der Waals surface area contributed by atoms with E-state index in [2.05, 4.69) is 48.2 Å². The third-order valence-corrected chi connectivity index (χ3v) is 5.22. The summed E-state index contributed by atoms with van der Waals surface area (Å²) in [6.45, 7) is 8.47. The van der Waals surface area contributed by atoms with Gasteiger partial charge in [-0.15, -0.1) is 11.8 Å². The van der Waals surface area contributed by atoms with Crippen molar-refractivity contribution < 1.29 is 14.3 Å². The van der Waals surface area contributed by atoms with Gasteiger partial charge in [0.15, 0.2) is 0 Å². The predicted molar refractivity (Wildman–Crippen MR) is 99.1 cm³/mol. The molecular weight excluding hydrogens is 324 g/mol. The Balaban J connectivity index is 2.16. The Kier molecular flexibility index (Phi) is 7.55. The first-order chi connectivity index (χ1) is 11.6. The predicted octanol–water partition coefficient (Wildman–Crippen LogP) is 2.89. The zero-order valence-corrected chi connectivity index (χ0v) is 15.9. The number of hydrogen-bond acceptors (Lipinski definition) is 6. The summed E-state index contributed by atoms with van der Waals surface area (Å²) >= 11 is 1.79. The molecule has 0 unspecified atom stereocenters. The van der Waals surface area contributed by atoms with E-state index in [1.54, 1.807) is 26.0 Å². The van der Waals surface area contributed by atoms with Crippen molar-refractivity contribution in [3.05, 3.63) is 29.8 Å². The fraction of sp³-hybridized carbons (Fsp3) is 0.611. The summed E-state index contributed by atoms with van der Waals surface area (Å²) in [6.07, 6.45) is 0. The average Bonchev–Trinajstić information content (AvgIpc) is 2.61. The first kappa shape index (κ1) is 19.2. The number of thioether (sulfide) groups is 1. The molecule has 0 N–H and O–H groups in total. The number of oxime groups is 1. The van der Waals surface area contributed by atoms with Crippen LogP contribution in [0.2, 0.25) is 0 Å². The lowest BCUT2D eigenvalue weighted by Gasteiger charge is -2.41. The third-order valence-electron chi connectivity index (χ3n) is 4.25. The molecule has 0 amide bonds. The van der Waals surface area contributed by atoms with Gasteiger partial charge in [-0.2, -0.15) is 0 Å². The van der Waals surface area contributed by atoms with Crippen molar-refractivity contribution >= 4 is 17.5 Å². The molecule has 0 aliphatic carbocycles. The second kappa shape index (κ2) is 9.42. The van der Waals surface area contributed by atoms with Gasteiger partial charge in [0.05, 0.1) is 25.4 Å². The molecule has 5 nitrogen and oxygen atoms in total. The average molecular weight is 353 g/mol. The summed E-state index contributed by atoms with van der Waals surface area (Å²) in [5.41, 5.74) is 1.81. The van der Waals surface area contributed by atoms with Gasteiger partial charge in [0.1, 0.15) is 12.8 Å². The van der Waals surface area contributed by atoms with Crippen LogP contribution in [0.25, 0.3) is 0 Å². The van der Waals surface area contributed by atoms with Crippen molar-refractivity contribution in [2.24, 2.45) is 5.16 Å². The minimum atomic E-state index is -0.218. The minimum Gasteiger partial charge on any atom is -0.399 e. The highest BCUT2D eigenvalue weighted by atomic mass is 32.2. The van der Waals surface area contributed by atoms with Gasteiger partial charge >= 0.3 is 0 Å². The lowest BCUT2D eigenvalue weighted by Crippen LogP contribution is -2.54. The van der Waals surface area contributed by atoms with E-state index in [4.69, 9.17) is 14.3 Å². The second-order valence-electron chi connectivity index (χ2n) is 6.15. The van der Waals surface area contributed by atoms with E-state index in [0.717, 1.165) is 49.9 Å². The fourth-order valence-corrected chi connectivity index (χ4v) is 3.65. The van der Waals surface area contributed by atoms with Gasteiger partial charge in [-0.1, -0.05) is 17.3 Å². The molecule has 1 heterocycles. The molecule has 6 heteroatoms. The summed E-state index contributed by atoms with van der Waals surface area (Å²) in [5.74, 6) is 0.953. The lowest BCUT2D eigenvalue weighted by molar-refractivity contribution is 0.00922. The van der Waals surface area contributed by atoms with E-state index in [1.807, 2.05) is 0 Å². The summed E-state index contributed by atoms with van der Waals surface area (Å²) < 4.78 is 10.6. The zero-order chi connectivity index (χ0) is 17.4. The van der Waals surface area contributed by atoms with E-state index in [1.165, 1.54) is 4.90 Å². The Labute approximate surface area is 149 Å². The molecule has 0 bridgehead atoms. The largest absolute Gasteiger partial charge is 0.399 e. The van der Waals surface area contributed by atoms with Crippen molar-refractivity contribution in [1.82, 2.24) is 4.90 Å². The number of benzene rings is 1. The normalized spacial score (nSPS) is 17.1. The molecule has 0 atom stereocenters. The minimum absolute atomic E-state index is 0.218. The van der Waals surface area contributed by atoms with Crippen molar-refractivity contribution in [1.29, 1.82) is 0 Å². The van der Waals surface area contributed by atoms with Crippen LogP contribution < -0.4 is 0 Å². The molecule has 0 aromatic heterocycles. The van der Waals surface area contributed by atoms with Crippen molar-refractivity contribution in [3.63, 3.8) is 0 Å². The number of ether oxygens (including phenoxy) is 2. The van der Waals surface area contributed by atoms with Gasteiger partial charge in [0.25, 0.3) is 0 Å². The Bertz CT molecular complexity index is 526. The number of hydrogen-bond donors (Lipinski definition) is 0. The monoisotopic (exact) mass is 352 g/mol. The molecule has 1 aromatic rings. The van der Waals surface area contributed by atoms with Gasteiger partial charge in [-0.3, -0.25) is 4.90 Å². The highest BCUT2D eigenvalue weighted by molar-refractivity contribution is 7.99. The maximum absolute atomic E-state index is 5.48. The number of nitrogens with zero attached hydrogens (tertiary/aromatic N) is 2. The molecule has 2 rings (SSSR count). The van der Waals surface area contributed by atoms with E-state index in [0.29, 0.717) is 0 Å². The molecule has 0 spiro atoms. The summed E-state index contributed by atoms with van der Waals surface area (Å²) in [5, 5.41) is 4.35. The van der Waals surface area contributed by atoms with Gasteiger partial charge in [0, 0.05) is 36.4 Å². The highest BCUT2D eigenvalue weighted by Crippen LogP contribution is 2.25. The van der Waals surface area contributed by atoms with Crippen LogP contribution in [-0.4, -0.2) is 69.0 Å². The molecule has 1 aliphatic rings.